The zero-order valence-electron chi connectivity index (χ0n) is 8.23. The van der Waals surface area contributed by atoms with Gasteiger partial charge in [0, 0.05) is 18.3 Å². The number of rotatable bonds is 2. The molecule has 4 nitrogen and oxygen atoms in total. The number of carboxylic acid groups (broad SMARTS) is 1. The van der Waals surface area contributed by atoms with Crippen LogP contribution >= 0.6 is 0 Å². The van der Waals surface area contributed by atoms with Gasteiger partial charge in [0.05, 0.1) is 0 Å². The first-order valence-electron chi connectivity index (χ1n) is 5.01. The lowest BCUT2D eigenvalue weighted by Gasteiger charge is -2.23. The number of carboxylic acids is 1. The van der Waals surface area contributed by atoms with Gasteiger partial charge >= 0.3 is 5.97 Å². The topological polar surface area (TPSA) is 55.1 Å². The SMILES string of the molecule is CCc1ncc2n1C(C(=O)O)CCC2. The van der Waals surface area contributed by atoms with Crippen molar-refractivity contribution in [2.24, 2.45) is 0 Å². The van der Waals surface area contributed by atoms with Crippen LogP contribution in [-0.2, 0) is 17.6 Å². The van der Waals surface area contributed by atoms with Crippen molar-refractivity contribution in [3.63, 3.8) is 0 Å². The number of aliphatic carboxylic acids is 1. The Morgan fingerprint density at radius 3 is 3.21 bits per heavy atom. The molecule has 4 heteroatoms. The third-order valence-corrected chi connectivity index (χ3v) is 2.77. The third-order valence-electron chi connectivity index (χ3n) is 2.77. The monoisotopic (exact) mass is 194 g/mol. The van der Waals surface area contributed by atoms with E-state index in [9.17, 15) is 4.79 Å². The molecule has 1 aromatic heterocycles. The Balaban J connectivity index is 2.44. The molecular formula is C10H14N2O2. The molecule has 2 heterocycles. The largest absolute Gasteiger partial charge is 0.480 e. The summed E-state index contributed by atoms with van der Waals surface area (Å²) in [5.41, 5.74) is 1.07. The van der Waals surface area contributed by atoms with Crippen molar-refractivity contribution in [3.8, 4) is 0 Å². The van der Waals surface area contributed by atoms with Crippen molar-refractivity contribution in [3.05, 3.63) is 17.7 Å². The molecule has 0 saturated carbocycles. The zero-order chi connectivity index (χ0) is 10.1. The number of hydrogen-bond acceptors (Lipinski definition) is 2. The van der Waals surface area contributed by atoms with Crippen LogP contribution < -0.4 is 0 Å². The summed E-state index contributed by atoms with van der Waals surface area (Å²) >= 11 is 0. The van der Waals surface area contributed by atoms with Crippen molar-refractivity contribution < 1.29 is 9.90 Å². The summed E-state index contributed by atoms with van der Waals surface area (Å²) in [6.45, 7) is 2.00. The minimum atomic E-state index is -0.737. The fraction of sp³-hybridized carbons (Fsp3) is 0.600. The van der Waals surface area contributed by atoms with Crippen LogP contribution in [-0.4, -0.2) is 20.6 Å². The Labute approximate surface area is 82.6 Å². The highest BCUT2D eigenvalue weighted by Gasteiger charge is 2.27. The number of fused-ring (bicyclic) bond motifs is 1. The molecule has 76 valence electrons. The lowest BCUT2D eigenvalue weighted by molar-refractivity contribution is -0.141. The normalized spacial score (nSPS) is 20.5. The van der Waals surface area contributed by atoms with E-state index >= 15 is 0 Å². The molecule has 2 rings (SSSR count). The van der Waals surface area contributed by atoms with Gasteiger partial charge in [0.25, 0.3) is 0 Å². The summed E-state index contributed by atoms with van der Waals surface area (Å²) in [6, 6.07) is -0.392. The summed E-state index contributed by atoms with van der Waals surface area (Å²) in [5.74, 6) is 0.158. The van der Waals surface area contributed by atoms with E-state index in [4.69, 9.17) is 5.11 Å². The maximum Gasteiger partial charge on any atom is 0.326 e. The van der Waals surface area contributed by atoms with Crippen molar-refractivity contribution in [1.82, 2.24) is 9.55 Å². The first-order valence-corrected chi connectivity index (χ1v) is 5.01. The van der Waals surface area contributed by atoms with E-state index in [1.807, 2.05) is 17.7 Å². The molecular weight excluding hydrogens is 180 g/mol. The maximum absolute atomic E-state index is 11.0. The molecule has 0 radical (unpaired) electrons. The van der Waals surface area contributed by atoms with Gasteiger partial charge in [-0.3, -0.25) is 0 Å². The van der Waals surface area contributed by atoms with Gasteiger partial charge in [0.15, 0.2) is 0 Å². The van der Waals surface area contributed by atoms with E-state index in [0.29, 0.717) is 0 Å². The smallest absolute Gasteiger partial charge is 0.326 e. The van der Waals surface area contributed by atoms with Crippen LogP contribution in [0.5, 0.6) is 0 Å². The summed E-state index contributed by atoms with van der Waals surface area (Å²) < 4.78 is 1.89. The van der Waals surface area contributed by atoms with Crippen LogP contribution in [0.1, 0.15) is 37.3 Å². The number of aromatic nitrogens is 2. The molecule has 14 heavy (non-hydrogen) atoms. The second-order valence-corrected chi connectivity index (χ2v) is 3.64. The quantitative estimate of drug-likeness (QED) is 0.774. The molecule has 1 atom stereocenters. The summed E-state index contributed by atoms with van der Waals surface area (Å²) in [6.07, 6.45) is 5.24. The van der Waals surface area contributed by atoms with Crippen molar-refractivity contribution >= 4 is 5.97 Å². The average molecular weight is 194 g/mol. The molecule has 0 bridgehead atoms. The van der Waals surface area contributed by atoms with Gasteiger partial charge in [-0.1, -0.05) is 6.92 Å². The van der Waals surface area contributed by atoms with E-state index in [1.165, 1.54) is 0 Å². The van der Waals surface area contributed by atoms with Crippen molar-refractivity contribution in [2.75, 3.05) is 0 Å². The van der Waals surface area contributed by atoms with Crippen molar-refractivity contribution in [1.29, 1.82) is 0 Å². The van der Waals surface area contributed by atoms with Gasteiger partial charge < -0.3 is 9.67 Å². The molecule has 0 fully saturated rings. The highest BCUT2D eigenvalue weighted by atomic mass is 16.4. The number of carbonyl (C=O) groups is 1. The minimum absolute atomic E-state index is 0.392. The van der Waals surface area contributed by atoms with E-state index in [0.717, 1.165) is 37.2 Å². The average Bonchev–Trinajstić information content (AvgIpc) is 2.59. The van der Waals surface area contributed by atoms with E-state index in [2.05, 4.69) is 4.98 Å². The lowest BCUT2D eigenvalue weighted by Crippen LogP contribution is -2.26. The number of aryl methyl sites for hydroxylation is 2. The van der Waals surface area contributed by atoms with Gasteiger partial charge in [-0.05, 0) is 19.3 Å². The van der Waals surface area contributed by atoms with Crippen LogP contribution in [0.2, 0.25) is 0 Å². The van der Waals surface area contributed by atoms with E-state index < -0.39 is 12.0 Å². The van der Waals surface area contributed by atoms with Gasteiger partial charge in [0.1, 0.15) is 11.9 Å². The highest BCUT2D eigenvalue weighted by molar-refractivity contribution is 5.72. The van der Waals surface area contributed by atoms with Gasteiger partial charge in [-0.2, -0.15) is 0 Å². The Bertz CT molecular complexity index is 344. The Kier molecular flexibility index (Phi) is 2.27. The van der Waals surface area contributed by atoms with Crippen LogP contribution in [0.4, 0.5) is 0 Å². The van der Waals surface area contributed by atoms with E-state index in [1.54, 1.807) is 0 Å². The second kappa shape index (κ2) is 3.44. The lowest BCUT2D eigenvalue weighted by atomic mass is 10.0. The molecule has 0 saturated heterocycles. The molecule has 1 aromatic rings. The van der Waals surface area contributed by atoms with Crippen LogP contribution in [0.3, 0.4) is 0 Å². The van der Waals surface area contributed by atoms with Gasteiger partial charge in [-0.15, -0.1) is 0 Å². The minimum Gasteiger partial charge on any atom is -0.480 e. The maximum atomic E-state index is 11.0. The number of nitrogens with zero attached hydrogens (tertiary/aromatic N) is 2. The molecule has 1 N–H and O–H groups in total. The first kappa shape index (κ1) is 9.24. The Hall–Kier alpha value is -1.32. The van der Waals surface area contributed by atoms with Gasteiger partial charge in [0.2, 0.25) is 0 Å². The molecule has 0 spiro atoms. The number of hydrogen-bond donors (Lipinski definition) is 1. The Morgan fingerprint density at radius 1 is 1.79 bits per heavy atom. The predicted molar refractivity (Wildman–Crippen MR) is 51.2 cm³/mol. The van der Waals surface area contributed by atoms with E-state index in [-0.39, 0.29) is 0 Å². The van der Waals surface area contributed by atoms with Crippen LogP contribution in [0.15, 0.2) is 6.20 Å². The van der Waals surface area contributed by atoms with Crippen LogP contribution in [0, 0.1) is 0 Å². The molecule has 1 unspecified atom stereocenters. The first-order chi connectivity index (χ1) is 6.74. The fourth-order valence-electron chi connectivity index (χ4n) is 2.11. The predicted octanol–water partition coefficient (Wildman–Crippen LogP) is 1.41. The summed E-state index contributed by atoms with van der Waals surface area (Å²) in [4.78, 5) is 15.3. The zero-order valence-corrected chi connectivity index (χ0v) is 8.23. The second-order valence-electron chi connectivity index (χ2n) is 3.64. The molecule has 1 aliphatic heterocycles. The standard InChI is InChI=1S/C10H14N2O2/c1-2-9-11-6-7-4-3-5-8(10(13)14)12(7)9/h6,8H,2-5H2,1H3,(H,13,14). The third kappa shape index (κ3) is 1.31. The summed E-state index contributed by atoms with van der Waals surface area (Å²) in [7, 11) is 0. The van der Waals surface area contributed by atoms with Gasteiger partial charge in [-0.25, -0.2) is 9.78 Å². The molecule has 0 aromatic carbocycles. The van der Waals surface area contributed by atoms with Crippen molar-refractivity contribution in [2.45, 2.75) is 38.6 Å². The summed E-state index contributed by atoms with van der Waals surface area (Å²) in [5, 5.41) is 9.07. The highest BCUT2D eigenvalue weighted by Crippen LogP contribution is 2.26. The molecule has 1 aliphatic rings. The number of imidazole rings is 1. The molecule has 0 amide bonds. The molecule has 0 aliphatic carbocycles. The van der Waals surface area contributed by atoms with Crippen LogP contribution in [0.25, 0.3) is 0 Å². The Morgan fingerprint density at radius 2 is 2.57 bits per heavy atom. The fourth-order valence-corrected chi connectivity index (χ4v) is 2.11.